The fourth-order valence-corrected chi connectivity index (χ4v) is 2.06. The summed E-state index contributed by atoms with van der Waals surface area (Å²) in [7, 11) is 1.53. The second-order valence-corrected chi connectivity index (χ2v) is 4.62. The zero-order valence-electron chi connectivity index (χ0n) is 10.0. The van der Waals surface area contributed by atoms with Gasteiger partial charge >= 0.3 is 0 Å². The van der Waals surface area contributed by atoms with Crippen molar-refractivity contribution in [2.24, 2.45) is 0 Å². The van der Waals surface area contributed by atoms with Crippen LogP contribution in [0.2, 0.25) is 0 Å². The number of benzene rings is 1. The monoisotopic (exact) mass is 237 g/mol. The lowest BCUT2D eigenvalue weighted by molar-refractivity contribution is -0.577. The van der Waals surface area contributed by atoms with Gasteiger partial charge in [0.25, 0.3) is 0 Å². The van der Waals surface area contributed by atoms with Gasteiger partial charge in [0, 0.05) is 31.4 Å². The summed E-state index contributed by atoms with van der Waals surface area (Å²) >= 11 is 0. The summed E-state index contributed by atoms with van der Waals surface area (Å²) in [5.41, 5.74) is 0.527. The van der Waals surface area contributed by atoms with E-state index in [9.17, 15) is 10.1 Å². The van der Waals surface area contributed by atoms with E-state index >= 15 is 0 Å². The van der Waals surface area contributed by atoms with Crippen molar-refractivity contribution in [2.75, 3.05) is 7.11 Å². The Morgan fingerprint density at radius 1 is 1.35 bits per heavy atom. The lowest BCUT2D eigenvalue weighted by atomic mass is 9.91. The average Bonchev–Trinajstić information content (AvgIpc) is 2.68. The van der Waals surface area contributed by atoms with Gasteiger partial charge in [0.15, 0.2) is 12.4 Å². The van der Waals surface area contributed by atoms with E-state index < -0.39 is 17.9 Å². The summed E-state index contributed by atoms with van der Waals surface area (Å²) in [6.45, 7) is 3.12. The van der Waals surface area contributed by atoms with Crippen molar-refractivity contribution in [1.29, 1.82) is 0 Å². The Hall–Kier alpha value is -1.46. The Morgan fingerprint density at radius 2 is 1.94 bits per heavy atom. The minimum Gasteiger partial charge on any atom is -0.352 e. The van der Waals surface area contributed by atoms with Gasteiger partial charge in [-0.05, 0) is 5.56 Å². The van der Waals surface area contributed by atoms with Crippen molar-refractivity contribution < 1.29 is 14.4 Å². The molecule has 0 amide bonds. The number of hydrogen-bond donors (Lipinski definition) is 0. The highest BCUT2D eigenvalue weighted by atomic mass is 16.7. The van der Waals surface area contributed by atoms with Gasteiger partial charge in [-0.3, -0.25) is 10.1 Å². The topological polar surface area (TPSA) is 61.6 Å². The fourth-order valence-electron chi connectivity index (χ4n) is 2.06. The highest BCUT2D eigenvalue weighted by Gasteiger charge is 2.49. The number of ether oxygens (including phenoxy) is 2. The van der Waals surface area contributed by atoms with Crippen LogP contribution in [0.1, 0.15) is 37.4 Å². The van der Waals surface area contributed by atoms with Crippen LogP contribution in [-0.2, 0) is 9.47 Å². The summed E-state index contributed by atoms with van der Waals surface area (Å²) < 4.78 is 10.8. The van der Waals surface area contributed by atoms with Gasteiger partial charge in [-0.2, -0.15) is 0 Å². The molecule has 92 valence electrons. The first-order valence-corrected chi connectivity index (χ1v) is 5.40. The molecule has 0 saturated heterocycles. The Labute approximate surface area is 99.5 Å². The third kappa shape index (κ3) is 1.81. The number of methoxy groups -OCH3 is 1. The highest BCUT2D eigenvalue weighted by molar-refractivity contribution is 5.34. The van der Waals surface area contributed by atoms with Crippen LogP contribution in [0.4, 0.5) is 0 Å². The van der Waals surface area contributed by atoms with Crippen LogP contribution >= 0.6 is 0 Å². The SMILES string of the molecule is COC1OC(C(C)(C)[N+](=O)[O-])c2ccccc21. The lowest BCUT2D eigenvalue weighted by Gasteiger charge is -2.23. The molecule has 17 heavy (non-hydrogen) atoms. The Balaban J connectivity index is 2.44. The standard InChI is InChI=1S/C12H15NO4/c1-12(2,13(14)15)10-8-6-4-5-7-9(8)11(16-3)17-10/h4-7,10-11H,1-3H3. The van der Waals surface area contributed by atoms with Crippen molar-refractivity contribution in [3.8, 4) is 0 Å². The summed E-state index contributed by atoms with van der Waals surface area (Å²) in [4.78, 5) is 10.8. The second kappa shape index (κ2) is 4.09. The van der Waals surface area contributed by atoms with Crippen LogP contribution in [0.15, 0.2) is 24.3 Å². The summed E-state index contributed by atoms with van der Waals surface area (Å²) in [6, 6.07) is 7.45. The zero-order chi connectivity index (χ0) is 12.6. The first-order valence-electron chi connectivity index (χ1n) is 5.40. The molecule has 2 atom stereocenters. The number of nitro groups is 1. The maximum atomic E-state index is 11.1. The van der Waals surface area contributed by atoms with E-state index in [0.29, 0.717) is 0 Å². The molecule has 0 saturated carbocycles. The number of nitrogens with zero attached hydrogens (tertiary/aromatic N) is 1. The number of fused-ring (bicyclic) bond motifs is 1. The molecule has 0 aromatic heterocycles. The third-order valence-corrected chi connectivity index (χ3v) is 3.12. The van der Waals surface area contributed by atoms with Crippen molar-refractivity contribution >= 4 is 0 Å². The van der Waals surface area contributed by atoms with Crippen molar-refractivity contribution in [3.05, 3.63) is 45.5 Å². The third-order valence-electron chi connectivity index (χ3n) is 3.12. The molecule has 5 heteroatoms. The lowest BCUT2D eigenvalue weighted by Crippen LogP contribution is -2.38. The van der Waals surface area contributed by atoms with Gasteiger partial charge in [0.1, 0.15) is 0 Å². The van der Waals surface area contributed by atoms with Gasteiger partial charge < -0.3 is 9.47 Å². The molecule has 1 aliphatic rings. The highest BCUT2D eigenvalue weighted by Crippen LogP contribution is 2.45. The second-order valence-electron chi connectivity index (χ2n) is 4.62. The van der Waals surface area contributed by atoms with Crippen LogP contribution in [0, 0.1) is 10.1 Å². The molecule has 1 heterocycles. The Kier molecular flexibility index (Phi) is 2.89. The predicted octanol–water partition coefficient (Wildman–Crippen LogP) is 2.46. The molecule has 0 radical (unpaired) electrons. The molecule has 2 unspecified atom stereocenters. The molecular formula is C12H15NO4. The molecule has 0 spiro atoms. The largest absolute Gasteiger partial charge is 0.352 e. The summed E-state index contributed by atoms with van der Waals surface area (Å²) in [5, 5.41) is 11.1. The normalized spacial score (nSPS) is 23.5. The Morgan fingerprint density at radius 3 is 2.47 bits per heavy atom. The Bertz CT molecular complexity index is 444. The molecule has 2 rings (SSSR count). The number of rotatable bonds is 3. The fraction of sp³-hybridized carbons (Fsp3) is 0.500. The minimum absolute atomic E-state index is 0.313. The molecular weight excluding hydrogens is 222 g/mol. The quantitative estimate of drug-likeness (QED) is 0.598. The number of hydrogen-bond acceptors (Lipinski definition) is 4. The van der Waals surface area contributed by atoms with E-state index in [1.54, 1.807) is 13.8 Å². The predicted molar refractivity (Wildman–Crippen MR) is 61.1 cm³/mol. The van der Waals surface area contributed by atoms with E-state index in [1.807, 2.05) is 24.3 Å². The van der Waals surface area contributed by atoms with Crippen LogP contribution in [0.5, 0.6) is 0 Å². The van der Waals surface area contributed by atoms with Gasteiger partial charge in [0.2, 0.25) is 5.54 Å². The average molecular weight is 237 g/mol. The van der Waals surface area contributed by atoms with Crippen LogP contribution in [0.25, 0.3) is 0 Å². The molecule has 0 fully saturated rings. The molecule has 1 aromatic rings. The van der Waals surface area contributed by atoms with E-state index in [4.69, 9.17) is 9.47 Å². The van der Waals surface area contributed by atoms with Crippen molar-refractivity contribution in [2.45, 2.75) is 31.8 Å². The van der Waals surface area contributed by atoms with E-state index in [1.165, 1.54) is 7.11 Å². The van der Waals surface area contributed by atoms with Crippen LogP contribution in [0.3, 0.4) is 0 Å². The van der Waals surface area contributed by atoms with E-state index in [2.05, 4.69) is 0 Å². The van der Waals surface area contributed by atoms with Crippen LogP contribution < -0.4 is 0 Å². The minimum atomic E-state index is -1.18. The van der Waals surface area contributed by atoms with E-state index in [0.717, 1.165) is 11.1 Å². The van der Waals surface area contributed by atoms with Crippen molar-refractivity contribution in [1.82, 2.24) is 0 Å². The first kappa shape index (κ1) is 12.0. The van der Waals surface area contributed by atoms with Crippen molar-refractivity contribution in [3.63, 3.8) is 0 Å². The van der Waals surface area contributed by atoms with Gasteiger partial charge in [-0.25, -0.2) is 0 Å². The molecule has 1 aliphatic heterocycles. The molecule has 0 bridgehead atoms. The maximum absolute atomic E-state index is 11.1. The maximum Gasteiger partial charge on any atom is 0.246 e. The zero-order valence-corrected chi connectivity index (χ0v) is 10.0. The smallest absolute Gasteiger partial charge is 0.246 e. The molecule has 5 nitrogen and oxygen atoms in total. The first-order chi connectivity index (χ1) is 7.98. The molecule has 1 aromatic carbocycles. The van der Waals surface area contributed by atoms with Crippen LogP contribution in [-0.4, -0.2) is 17.6 Å². The molecule has 0 N–H and O–H groups in total. The summed E-state index contributed by atoms with van der Waals surface area (Å²) in [5.74, 6) is 0. The van der Waals surface area contributed by atoms with Gasteiger partial charge in [-0.15, -0.1) is 0 Å². The van der Waals surface area contributed by atoms with Gasteiger partial charge in [-0.1, -0.05) is 24.3 Å². The molecule has 0 aliphatic carbocycles. The van der Waals surface area contributed by atoms with E-state index in [-0.39, 0.29) is 4.92 Å². The van der Waals surface area contributed by atoms with Gasteiger partial charge in [0.05, 0.1) is 0 Å². The summed E-state index contributed by atoms with van der Waals surface area (Å²) in [6.07, 6.45) is -1.10.